The molecule has 0 saturated carbocycles. The number of sulfonamides is 1. The van der Waals surface area contributed by atoms with Gasteiger partial charge in [0.25, 0.3) is 0 Å². The van der Waals surface area contributed by atoms with E-state index in [1.165, 1.54) is 24.3 Å². The topological polar surface area (TPSA) is 49.4 Å². The molecular weight excluding hydrogens is 267 g/mol. The largest absolute Gasteiger partial charge is 0.314 e. The molecule has 2 rings (SSSR count). The van der Waals surface area contributed by atoms with Crippen molar-refractivity contribution >= 4 is 10.0 Å². The molecule has 6 heteroatoms. The number of rotatable bonds is 3. The van der Waals surface area contributed by atoms with Crippen LogP contribution in [0.3, 0.4) is 0 Å². The summed E-state index contributed by atoms with van der Waals surface area (Å²) in [4.78, 5) is 0. The van der Waals surface area contributed by atoms with Gasteiger partial charge in [-0.1, -0.05) is 12.1 Å². The van der Waals surface area contributed by atoms with Crippen LogP contribution in [-0.4, -0.2) is 37.9 Å². The monoisotopic (exact) mass is 286 g/mol. The third-order valence-corrected chi connectivity index (χ3v) is 5.39. The van der Waals surface area contributed by atoms with Gasteiger partial charge in [0.05, 0.1) is 5.75 Å². The fraction of sp³-hybridized carbons (Fsp3) is 0.538. The molecule has 1 aliphatic heterocycles. The zero-order valence-electron chi connectivity index (χ0n) is 11.1. The predicted molar refractivity (Wildman–Crippen MR) is 72.7 cm³/mol. The molecule has 0 aromatic heterocycles. The molecule has 0 amide bonds. The van der Waals surface area contributed by atoms with Crippen LogP contribution in [0.1, 0.15) is 19.4 Å². The Labute approximate surface area is 113 Å². The van der Waals surface area contributed by atoms with Crippen LogP contribution in [0.25, 0.3) is 0 Å². The van der Waals surface area contributed by atoms with E-state index in [1.54, 1.807) is 4.31 Å². The summed E-state index contributed by atoms with van der Waals surface area (Å²) in [5.41, 5.74) is 0.610. The van der Waals surface area contributed by atoms with E-state index < -0.39 is 10.0 Å². The van der Waals surface area contributed by atoms with Crippen LogP contribution in [0.5, 0.6) is 0 Å². The van der Waals surface area contributed by atoms with Crippen molar-refractivity contribution in [3.05, 3.63) is 35.6 Å². The highest BCUT2D eigenvalue weighted by molar-refractivity contribution is 7.88. The van der Waals surface area contributed by atoms with E-state index in [1.807, 2.05) is 13.8 Å². The molecule has 4 nitrogen and oxygen atoms in total. The van der Waals surface area contributed by atoms with Gasteiger partial charge >= 0.3 is 0 Å². The van der Waals surface area contributed by atoms with Crippen molar-refractivity contribution in [2.24, 2.45) is 0 Å². The molecule has 1 N–H and O–H groups in total. The Morgan fingerprint density at radius 2 is 1.74 bits per heavy atom. The molecule has 1 fully saturated rings. The Hall–Kier alpha value is -0.980. The Balaban J connectivity index is 2.19. The molecule has 2 unspecified atom stereocenters. The average molecular weight is 286 g/mol. The third kappa shape index (κ3) is 3.32. The zero-order chi connectivity index (χ0) is 14.0. The minimum atomic E-state index is -3.38. The second-order valence-electron chi connectivity index (χ2n) is 5.07. The zero-order valence-corrected chi connectivity index (χ0v) is 12.0. The van der Waals surface area contributed by atoms with Gasteiger partial charge in [0.1, 0.15) is 5.82 Å². The molecular formula is C13H19FN2O2S. The molecule has 19 heavy (non-hydrogen) atoms. The van der Waals surface area contributed by atoms with Crippen molar-refractivity contribution in [2.75, 3.05) is 13.1 Å². The summed E-state index contributed by atoms with van der Waals surface area (Å²) in [6.45, 7) is 5.11. The first kappa shape index (κ1) is 14.4. The molecule has 1 aromatic carbocycles. The number of nitrogens with zero attached hydrogens (tertiary/aromatic N) is 1. The molecule has 0 radical (unpaired) electrons. The van der Waals surface area contributed by atoms with Gasteiger partial charge in [0.15, 0.2) is 0 Å². The van der Waals surface area contributed by atoms with E-state index in [4.69, 9.17) is 0 Å². The minimum absolute atomic E-state index is 0.0609. The van der Waals surface area contributed by atoms with E-state index in [0.29, 0.717) is 18.7 Å². The summed E-state index contributed by atoms with van der Waals surface area (Å²) >= 11 is 0. The second-order valence-corrected chi connectivity index (χ2v) is 6.94. The highest BCUT2D eigenvalue weighted by Gasteiger charge is 2.34. The molecule has 0 spiro atoms. The molecule has 1 heterocycles. The normalized spacial score (nSPS) is 25.4. The molecule has 2 atom stereocenters. The van der Waals surface area contributed by atoms with Crippen LogP contribution in [0, 0.1) is 5.82 Å². The number of benzene rings is 1. The molecule has 1 aromatic rings. The Bertz CT molecular complexity index is 520. The van der Waals surface area contributed by atoms with E-state index in [9.17, 15) is 12.8 Å². The van der Waals surface area contributed by atoms with Gasteiger partial charge < -0.3 is 5.32 Å². The van der Waals surface area contributed by atoms with Crippen molar-refractivity contribution < 1.29 is 12.8 Å². The van der Waals surface area contributed by atoms with Crippen molar-refractivity contribution in [3.8, 4) is 0 Å². The summed E-state index contributed by atoms with van der Waals surface area (Å²) in [6.07, 6.45) is 0. The van der Waals surface area contributed by atoms with Crippen molar-refractivity contribution in [1.82, 2.24) is 9.62 Å². The SMILES string of the molecule is CC1CNCC(C)N1S(=O)(=O)Cc1ccc(F)cc1. The van der Waals surface area contributed by atoms with Crippen molar-refractivity contribution in [3.63, 3.8) is 0 Å². The van der Waals surface area contributed by atoms with Crippen molar-refractivity contribution in [1.29, 1.82) is 0 Å². The average Bonchev–Trinajstić information content (AvgIpc) is 2.31. The maximum Gasteiger partial charge on any atom is 0.218 e. The van der Waals surface area contributed by atoms with Gasteiger partial charge in [-0.3, -0.25) is 0 Å². The molecule has 0 aliphatic carbocycles. The van der Waals surface area contributed by atoms with E-state index >= 15 is 0 Å². The van der Waals surface area contributed by atoms with Crippen LogP contribution < -0.4 is 5.32 Å². The molecule has 0 bridgehead atoms. The van der Waals surface area contributed by atoms with Gasteiger partial charge in [-0.15, -0.1) is 0 Å². The van der Waals surface area contributed by atoms with Gasteiger partial charge in [-0.2, -0.15) is 4.31 Å². The van der Waals surface area contributed by atoms with Crippen LogP contribution in [-0.2, 0) is 15.8 Å². The lowest BCUT2D eigenvalue weighted by Crippen LogP contribution is -2.57. The van der Waals surface area contributed by atoms with E-state index in [0.717, 1.165) is 0 Å². The second kappa shape index (κ2) is 5.56. The quantitative estimate of drug-likeness (QED) is 0.912. The summed E-state index contributed by atoms with van der Waals surface area (Å²) in [7, 11) is -3.38. The lowest BCUT2D eigenvalue weighted by Gasteiger charge is -2.38. The smallest absolute Gasteiger partial charge is 0.218 e. The Kier molecular flexibility index (Phi) is 4.23. The number of piperazine rings is 1. The summed E-state index contributed by atoms with van der Waals surface area (Å²) in [5, 5.41) is 3.20. The van der Waals surface area contributed by atoms with Gasteiger partial charge in [-0.25, -0.2) is 12.8 Å². The fourth-order valence-corrected chi connectivity index (χ4v) is 4.54. The van der Waals surface area contributed by atoms with Crippen LogP contribution >= 0.6 is 0 Å². The highest BCUT2D eigenvalue weighted by Crippen LogP contribution is 2.19. The maximum atomic E-state index is 12.8. The van der Waals surface area contributed by atoms with Crippen LogP contribution in [0.15, 0.2) is 24.3 Å². The lowest BCUT2D eigenvalue weighted by molar-refractivity contribution is 0.219. The first-order valence-corrected chi connectivity index (χ1v) is 7.97. The molecule has 106 valence electrons. The van der Waals surface area contributed by atoms with Crippen molar-refractivity contribution in [2.45, 2.75) is 31.7 Å². The fourth-order valence-electron chi connectivity index (χ4n) is 2.53. The molecule has 1 aliphatic rings. The van der Waals surface area contributed by atoms with Crippen LogP contribution in [0.2, 0.25) is 0 Å². The summed E-state index contributed by atoms with van der Waals surface area (Å²) < 4.78 is 39.3. The minimum Gasteiger partial charge on any atom is -0.314 e. The maximum absolute atomic E-state index is 12.8. The van der Waals surface area contributed by atoms with Crippen LogP contribution in [0.4, 0.5) is 4.39 Å². The van der Waals surface area contributed by atoms with Gasteiger partial charge in [0, 0.05) is 25.2 Å². The Morgan fingerprint density at radius 1 is 1.21 bits per heavy atom. The lowest BCUT2D eigenvalue weighted by atomic mass is 10.2. The first-order valence-electron chi connectivity index (χ1n) is 6.36. The van der Waals surface area contributed by atoms with Gasteiger partial charge in [0.2, 0.25) is 10.0 Å². The predicted octanol–water partition coefficient (Wildman–Crippen LogP) is 1.34. The Morgan fingerprint density at radius 3 is 2.26 bits per heavy atom. The summed E-state index contributed by atoms with van der Waals surface area (Å²) in [6, 6.07) is 5.49. The van der Waals surface area contributed by atoms with E-state index in [-0.39, 0.29) is 23.7 Å². The number of hydrogen-bond acceptors (Lipinski definition) is 3. The van der Waals surface area contributed by atoms with E-state index in [2.05, 4.69) is 5.32 Å². The molecule has 1 saturated heterocycles. The highest BCUT2D eigenvalue weighted by atomic mass is 32.2. The first-order chi connectivity index (χ1) is 8.90. The standard InChI is InChI=1S/C13H19FN2O2S/c1-10-7-15-8-11(2)16(10)19(17,18)9-12-3-5-13(14)6-4-12/h3-6,10-11,15H,7-9H2,1-2H3. The third-order valence-electron chi connectivity index (χ3n) is 3.33. The van der Waals surface area contributed by atoms with Gasteiger partial charge in [-0.05, 0) is 31.5 Å². The number of hydrogen-bond donors (Lipinski definition) is 1. The number of nitrogens with one attached hydrogen (secondary N) is 1. The summed E-state index contributed by atoms with van der Waals surface area (Å²) in [5.74, 6) is -0.438. The number of halogens is 1.